The first-order valence-electron chi connectivity index (χ1n) is 6.01. The second kappa shape index (κ2) is 8.71. The van der Waals surface area contributed by atoms with Crippen molar-refractivity contribution >= 4 is 35.1 Å². The molecule has 21 heavy (non-hydrogen) atoms. The topological polar surface area (TPSA) is 84.9 Å². The van der Waals surface area contributed by atoms with Crippen molar-refractivity contribution in [3.05, 3.63) is 28.2 Å². The summed E-state index contributed by atoms with van der Waals surface area (Å²) in [6.07, 6.45) is -0.793. The number of halogens is 2. The minimum absolute atomic E-state index is 0.0777. The van der Waals surface area contributed by atoms with Crippen LogP contribution in [-0.2, 0) is 14.3 Å². The Hall–Kier alpha value is -1.50. The first-order chi connectivity index (χ1) is 9.92. The van der Waals surface area contributed by atoms with Gasteiger partial charge in [0.2, 0.25) is 0 Å². The van der Waals surface area contributed by atoms with Gasteiger partial charge in [-0.25, -0.2) is 0 Å². The molecule has 6 nitrogen and oxygen atoms in total. The van der Waals surface area contributed by atoms with E-state index >= 15 is 0 Å². The molecule has 1 rings (SSSR count). The number of carbonyl (C=O) groups excluding carboxylic acids is 1. The molecule has 0 saturated heterocycles. The molecule has 0 aliphatic rings. The molecule has 0 aromatic heterocycles. The minimum Gasteiger partial charge on any atom is -0.482 e. The Labute approximate surface area is 131 Å². The predicted molar refractivity (Wildman–Crippen MR) is 78.0 cm³/mol. The number of carboxylic acids is 1. The van der Waals surface area contributed by atoms with Gasteiger partial charge in [-0.3, -0.25) is 9.59 Å². The van der Waals surface area contributed by atoms with Gasteiger partial charge < -0.3 is 19.9 Å². The zero-order valence-corrected chi connectivity index (χ0v) is 12.8. The lowest BCUT2D eigenvalue weighted by Gasteiger charge is -2.14. The smallest absolute Gasteiger partial charge is 0.306 e. The van der Waals surface area contributed by atoms with Crippen molar-refractivity contribution in [3.8, 4) is 5.75 Å². The fourth-order valence-electron chi connectivity index (χ4n) is 1.44. The van der Waals surface area contributed by atoms with Gasteiger partial charge in [0.05, 0.1) is 17.5 Å². The van der Waals surface area contributed by atoms with Crippen LogP contribution in [-0.4, -0.2) is 43.3 Å². The number of rotatable bonds is 8. The highest BCUT2D eigenvalue weighted by Crippen LogP contribution is 2.27. The molecule has 0 spiro atoms. The SMILES string of the molecule is COC(CNC(=O)COc1cc(Cl)ccc1Cl)CC(=O)O. The summed E-state index contributed by atoms with van der Waals surface area (Å²) in [4.78, 5) is 22.2. The van der Waals surface area contributed by atoms with Crippen molar-refractivity contribution in [1.82, 2.24) is 5.32 Å². The lowest BCUT2D eigenvalue weighted by Crippen LogP contribution is -2.37. The van der Waals surface area contributed by atoms with Crippen molar-refractivity contribution in [2.75, 3.05) is 20.3 Å². The number of amides is 1. The maximum Gasteiger partial charge on any atom is 0.306 e. The average Bonchev–Trinajstić information content (AvgIpc) is 2.44. The molecule has 0 fully saturated rings. The van der Waals surface area contributed by atoms with Crippen molar-refractivity contribution in [1.29, 1.82) is 0 Å². The maximum atomic E-state index is 11.6. The van der Waals surface area contributed by atoms with Gasteiger partial charge in [0.1, 0.15) is 5.75 Å². The van der Waals surface area contributed by atoms with Crippen LogP contribution in [0.15, 0.2) is 18.2 Å². The number of hydrogen-bond donors (Lipinski definition) is 2. The number of methoxy groups -OCH3 is 1. The van der Waals surface area contributed by atoms with Crippen LogP contribution in [0.4, 0.5) is 0 Å². The van der Waals surface area contributed by atoms with E-state index in [-0.39, 0.29) is 19.6 Å². The molecule has 0 heterocycles. The summed E-state index contributed by atoms with van der Waals surface area (Å²) in [5, 5.41) is 11.9. The van der Waals surface area contributed by atoms with E-state index < -0.39 is 18.0 Å². The molecular formula is C13H15Cl2NO5. The van der Waals surface area contributed by atoms with Gasteiger partial charge in [-0.15, -0.1) is 0 Å². The Morgan fingerprint density at radius 3 is 2.71 bits per heavy atom. The third-order valence-corrected chi connectivity index (χ3v) is 3.06. The average molecular weight is 336 g/mol. The van der Waals surface area contributed by atoms with Crippen LogP contribution in [0.25, 0.3) is 0 Å². The molecule has 0 aliphatic carbocycles. The Balaban J connectivity index is 2.40. The third kappa shape index (κ3) is 6.66. The fraction of sp³-hybridized carbons (Fsp3) is 0.385. The van der Waals surface area contributed by atoms with Gasteiger partial charge in [-0.2, -0.15) is 0 Å². The summed E-state index contributed by atoms with van der Waals surface area (Å²) in [7, 11) is 1.38. The number of benzene rings is 1. The van der Waals surface area contributed by atoms with E-state index in [2.05, 4.69) is 5.32 Å². The van der Waals surface area contributed by atoms with Gasteiger partial charge in [0.25, 0.3) is 5.91 Å². The molecule has 0 saturated carbocycles. The number of ether oxygens (including phenoxy) is 2. The molecule has 1 atom stereocenters. The number of aliphatic carboxylic acids is 1. The zero-order chi connectivity index (χ0) is 15.8. The summed E-state index contributed by atoms with van der Waals surface area (Å²) >= 11 is 11.7. The number of hydrogen-bond acceptors (Lipinski definition) is 4. The van der Waals surface area contributed by atoms with Gasteiger partial charge in [0, 0.05) is 24.7 Å². The molecule has 1 unspecified atom stereocenters. The predicted octanol–water partition coefficient (Wildman–Crippen LogP) is 1.98. The van der Waals surface area contributed by atoms with E-state index in [1.54, 1.807) is 12.1 Å². The molecule has 116 valence electrons. The van der Waals surface area contributed by atoms with Gasteiger partial charge >= 0.3 is 5.97 Å². The molecular weight excluding hydrogens is 321 g/mol. The van der Waals surface area contributed by atoms with Crippen molar-refractivity contribution in [2.45, 2.75) is 12.5 Å². The third-order valence-electron chi connectivity index (χ3n) is 2.51. The van der Waals surface area contributed by atoms with Gasteiger partial charge in [-0.05, 0) is 12.1 Å². The molecule has 8 heteroatoms. The molecule has 0 radical (unpaired) electrons. The van der Waals surface area contributed by atoms with Crippen molar-refractivity contribution in [3.63, 3.8) is 0 Å². The van der Waals surface area contributed by atoms with Gasteiger partial charge in [-0.1, -0.05) is 23.2 Å². The normalized spacial score (nSPS) is 11.8. The first kappa shape index (κ1) is 17.6. The lowest BCUT2D eigenvalue weighted by molar-refractivity contribution is -0.140. The van der Waals surface area contributed by atoms with Crippen LogP contribution in [0.1, 0.15) is 6.42 Å². The summed E-state index contributed by atoms with van der Waals surface area (Å²) in [5.74, 6) is -1.12. The van der Waals surface area contributed by atoms with Crippen LogP contribution in [0.2, 0.25) is 10.0 Å². The highest BCUT2D eigenvalue weighted by molar-refractivity contribution is 6.34. The zero-order valence-electron chi connectivity index (χ0n) is 11.3. The van der Waals surface area contributed by atoms with E-state index in [1.807, 2.05) is 0 Å². The van der Waals surface area contributed by atoms with E-state index in [9.17, 15) is 9.59 Å². The van der Waals surface area contributed by atoms with E-state index in [4.69, 9.17) is 37.8 Å². The van der Waals surface area contributed by atoms with Gasteiger partial charge in [0.15, 0.2) is 6.61 Å². The second-order valence-corrected chi connectivity index (χ2v) is 4.97. The molecule has 1 aromatic rings. The summed E-state index contributed by atoms with van der Waals surface area (Å²) in [6, 6.07) is 4.66. The highest BCUT2D eigenvalue weighted by atomic mass is 35.5. The van der Waals surface area contributed by atoms with E-state index in [1.165, 1.54) is 13.2 Å². The van der Waals surface area contributed by atoms with Crippen LogP contribution >= 0.6 is 23.2 Å². The standard InChI is InChI=1S/C13H15Cl2NO5/c1-20-9(5-13(18)19)6-16-12(17)7-21-11-4-8(14)2-3-10(11)15/h2-4,9H,5-7H2,1H3,(H,16,17)(H,18,19). The molecule has 1 amide bonds. The number of carboxylic acid groups (broad SMARTS) is 1. The van der Waals surface area contributed by atoms with E-state index in [0.717, 1.165) is 0 Å². The molecule has 0 aliphatic heterocycles. The summed E-state index contributed by atoms with van der Waals surface area (Å²) in [6.45, 7) is -0.183. The molecule has 2 N–H and O–H groups in total. The quantitative estimate of drug-likeness (QED) is 0.758. The molecule has 1 aromatic carbocycles. The van der Waals surface area contributed by atoms with Crippen molar-refractivity contribution < 1.29 is 24.2 Å². The number of carbonyl (C=O) groups is 2. The Morgan fingerprint density at radius 1 is 1.38 bits per heavy atom. The minimum atomic E-state index is -1.00. The monoisotopic (exact) mass is 335 g/mol. The Morgan fingerprint density at radius 2 is 2.10 bits per heavy atom. The van der Waals surface area contributed by atoms with Crippen molar-refractivity contribution in [2.24, 2.45) is 0 Å². The summed E-state index contributed by atoms with van der Waals surface area (Å²) in [5.41, 5.74) is 0. The van der Waals surface area contributed by atoms with E-state index in [0.29, 0.717) is 15.8 Å². The maximum absolute atomic E-state index is 11.6. The first-order valence-corrected chi connectivity index (χ1v) is 6.77. The molecule has 0 bridgehead atoms. The van der Waals surface area contributed by atoms with Crippen LogP contribution in [0, 0.1) is 0 Å². The largest absolute Gasteiger partial charge is 0.482 e. The Bertz CT molecular complexity index is 509. The van der Waals surface area contributed by atoms with Crippen LogP contribution in [0.3, 0.4) is 0 Å². The Kier molecular flexibility index (Phi) is 7.28. The van der Waals surface area contributed by atoms with Crippen LogP contribution < -0.4 is 10.1 Å². The fourth-order valence-corrected chi connectivity index (χ4v) is 1.78. The number of nitrogens with one attached hydrogen (secondary N) is 1. The van der Waals surface area contributed by atoms with Crippen LogP contribution in [0.5, 0.6) is 5.75 Å². The summed E-state index contributed by atoms with van der Waals surface area (Å²) < 4.78 is 10.2. The second-order valence-electron chi connectivity index (χ2n) is 4.12. The lowest BCUT2D eigenvalue weighted by atomic mass is 10.2. The highest BCUT2D eigenvalue weighted by Gasteiger charge is 2.14.